The smallest absolute Gasteiger partial charge is 0.287 e. The van der Waals surface area contributed by atoms with Crippen LogP contribution in [0.5, 0.6) is 0 Å². The Kier molecular flexibility index (Phi) is 7.47. The third-order valence-electron chi connectivity index (χ3n) is 5.89. The maximum Gasteiger partial charge on any atom is 0.287 e. The molecule has 0 saturated carbocycles. The highest BCUT2D eigenvalue weighted by molar-refractivity contribution is 5.91. The Hall–Kier alpha value is -2.15. The number of amides is 1. The largest absolute Gasteiger partial charge is 0.459 e. The number of carbonyl (C=O) groups excluding carboxylic acids is 1. The Bertz CT molecular complexity index is 764. The second kappa shape index (κ2) is 10.1. The van der Waals surface area contributed by atoms with Crippen LogP contribution in [0.4, 0.5) is 0 Å². The lowest BCUT2D eigenvalue weighted by atomic mass is 10.0. The third kappa shape index (κ3) is 5.47. The number of carbonyl (C=O) groups is 1. The van der Waals surface area contributed by atoms with Crippen LogP contribution in [0.15, 0.2) is 22.8 Å². The topological polar surface area (TPSA) is 76.2 Å². The van der Waals surface area contributed by atoms with E-state index < -0.39 is 0 Å². The molecular formula is C22H35N5O2. The second-order valence-corrected chi connectivity index (χ2v) is 8.49. The van der Waals surface area contributed by atoms with Crippen LogP contribution in [0.3, 0.4) is 0 Å². The first kappa shape index (κ1) is 21.6. The van der Waals surface area contributed by atoms with Crippen molar-refractivity contribution >= 4 is 5.91 Å². The first-order valence-corrected chi connectivity index (χ1v) is 11.0. The summed E-state index contributed by atoms with van der Waals surface area (Å²) in [5, 5.41) is 12.1. The van der Waals surface area contributed by atoms with Gasteiger partial charge in [-0.15, -0.1) is 10.2 Å². The molecule has 1 amide bonds. The van der Waals surface area contributed by atoms with Crippen LogP contribution in [0, 0.1) is 11.8 Å². The number of nitrogens with zero attached hydrogens (tertiary/aromatic N) is 4. The van der Waals surface area contributed by atoms with Gasteiger partial charge in [0, 0.05) is 32.6 Å². The molecule has 2 aromatic heterocycles. The predicted octanol–water partition coefficient (Wildman–Crippen LogP) is 3.68. The zero-order valence-corrected chi connectivity index (χ0v) is 18.2. The maximum absolute atomic E-state index is 12.6. The number of fused-ring (bicyclic) bond motifs is 1. The van der Waals surface area contributed by atoms with Crippen LogP contribution in [-0.4, -0.2) is 45.2 Å². The molecule has 160 valence electrons. The third-order valence-corrected chi connectivity index (χ3v) is 5.89. The molecule has 1 aliphatic heterocycles. The Balaban J connectivity index is 1.74. The van der Waals surface area contributed by atoms with Crippen LogP contribution in [-0.2, 0) is 13.0 Å². The molecule has 0 fully saturated rings. The first-order valence-electron chi connectivity index (χ1n) is 11.0. The van der Waals surface area contributed by atoms with Gasteiger partial charge in [0.15, 0.2) is 11.6 Å². The molecule has 3 heterocycles. The van der Waals surface area contributed by atoms with Crippen LogP contribution in [0.2, 0.25) is 0 Å². The van der Waals surface area contributed by atoms with Crippen molar-refractivity contribution in [1.29, 1.82) is 0 Å². The number of rotatable bonds is 9. The molecule has 0 unspecified atom stereocenters. The zero-order chi connectivity index (χ0) is 20.8. The van der Waals surface area contributed by atoms with Gasteiger partial charge in [-0.05, 0) is 30.4 Å². The van der Waals surface area contributed by atoms with Gasteiger partial charge in [-0.25, -0.2) is 0 Å². The van der Waals surface area contributed by atoms with Gasteiger partial charge in [-0.2, -0.15) is 0 Å². The highest BCUT2D eigenvalue weighted by atomic mass is 16.3. The minimum Gasteiger partial charge on any atom is -0.459 e. The molecule has 0 bridgehead atoms. The summed E-state index contributed by atoms with van der Waals surface area (Å²) in [6, 6.07) is 3.23. The SMILES string of the molecule is CCC(CC)CN1CCc2nnc([C@H](CC(C)C)NC(=O)c3ccco3)n2CC1. The van der Waals surface area contributed by atoms with E-state index in [2.05, 4.69) is 52.7 Å². The van der Waals surface area contributed by atoms with Gasteiger partial charge >= 0.3 is 0 Å². The van der Waals surface area contributed by atoms with E-state index in [1.54, 1.807) is 12.1 Å². The van der Waals surface area contributed by atoms with E-state index in [9.17, 15) is 4.79 Å². The van der Waals surface area contributed by atoms with Crippen LogP contribution < -0.4 is 5.32 Å². The lowest BCUT2D eigenvalue weighted by Crippen LogP contribution is -2.33. The van der Waals surface area contributed by atoms with Crippen molar-refractivity contribution in [3.8, 4) is 0 Å². The average Bonchev–Trinajstić information content (AvgIpc) is 3.33. The molecule has 1 N–H and O–H groups in total. The Morgan fingerprint density at radius 2 is 2.00 bits per heavy atom. The fraction of sp³-hybridized carbons (Fsp3) is 0.682. The molecule has 7 heteroatoms. The van der Waals surface area contributed by atoms with Crippen molar-refractivity contribution in [2.24, 2.45) is 11.8 Å². The van der Waals surface area contributed by atoms with Gasteiger partial charge < -0.3 is 19.2 Å². The van der Waals surface area contributed by atoms with Crippen LogP contribution in [0.1, 0.15) is 75.2 Å². The van der Waals surface area contributed by atoms with E-state index in [0.29, 0.717) is 11.7 Å². The first-order chi connectivity index (χ1) is 14.0. The highest BCUT2D eigenvalue weighted by Crippen LogP contribution is 2.23. The standard InChI is InChI=1S/C22H35N5O2/c1-5-17(6-2)15-26-10-9-20-24-25-21(27(20)12-11-26)18(14-16(3)4)23-22(28)19-8-7-13-29-19/h7-8,13,16-18H,5-6,9-12,14-15H2,1-4H3,(H,23,28)/t18-/m0/s1. The normalized spacial score (nSPS) is 16.1. The summed E-state index contributed by atoms with van der Waals surface area (Å²) in [6.07, 6.45) is 5.67. The lowest BCUT2D eigenvalue weighted by Gasteiger charge is -2.25. The van der Waals surface area contributed by atoms with Gasteiger partial charge in [0.1, 0.15) is 5.82 Å². The number of hydrogen-bond donors (Lipinski definition) is 1. The summed E-state index contributed by atoms with van der Waals surface area (Å²) in [5.74, 6) is 3.17. The summed E-state index contributed by atoms with van der Waals surface area (Å²) in [4.78, 5) is 15.1. The fourth-order valence-electron chi connectivity index (χ4n) is 4.08. The van der Waals surface area contributed by atoms with Crippen molar-refractivity contribution in [2.75, 3.05) is 19.6 Å². The molecule has 0 aromatic carbocycles. The van der Waals surface area contributed by atoms with Gasteiger partial charge in [0.2, 0.25) is 0 Å². The summed E-state index contributed by atoms with van der Waals surface area (Å²) < 4.78 is 7.49. The molecular weight excluding hydrogens is 366 g/mol. The van der Waals surface area contributed by atoms with E-state index in [0.717, 1.165) is 56.6 Å². The van der Waals surface area contributed by atoms with E-state index in [4.69, 9.17) is 4.42 Å². The maximum atomic E-state index is 12.6. The molecule has 29 heavy (non-hydrogen) atoms. The molecule has 0 radical (unpaired) electrons. The van der Waals surface area contributed by atoms with Gasteiger partial charge in [0.25, 0.3) is 5.91 Å². The molecule has 7 nitrogen and oxygen atoms in total. The van der Waals surface area contributed by atoms with Crippen LogP contribution >= 0.6 is 0 Å². The minimum atomic E-state index is -0.206. The molecule has 1 atom stereocenters. The van der Waals surface area contributed by atoms with Gasteiger partial charge in [0.05, 0.1) is 12.3 Å². The number of furan rings is 1. The molecule has 0 aliphatic carbocycles. The van der Waals surface area contributed by atoms with Crippen molar-refractivity contribution in [2.45, 2.75) is 66.0 Å². The van der Waals surface area contributed by atoms with E-state index in [1.807, 2.05) is 0 Å². The van der Waals surface area contributed by atoms with E-state index in [1.165, 1.54) is 19.1 Å². The lowest BCUT2D eigenvalue weighted by molar-refractivity contribution is 0.0900. The van der Waals surface area contributed by atoms with Crippen LogP contribution in [0.25, 0.3) is 0 Å². The summed E-state index contributed by atoms with van der Waals surface area (Å²) in [6.45, 7) is 12.9. The van der Waals surface area contributed by atoms with Crippen molar-refractivity contribution in [3.05, 3.63) is 35.8 Å². The molecule has 3 rings (SSSR count). The van der Waals surface area contributed by atoms with Gasteiger partial charge in [-0.3, -0.25) is 4.79 Å². The average molecular weight is 402 g/mol. The molecule has 2 aromatic rings. The number of hydrogen-bond acceptors (Lipinski definition) is 5. The van der Waals surface area contributed by atoms with E-state index >= 15 is 0 Å². The number of nitrogens with one attached hydrogen (secondary N) is 1. The summed E-state index contributed by atoms with van der Waals surface area (Å²) in [5.41, 5.74) is 0. The number of aromatic nitrogens is 3. The predicted molar refractivity (Wildman–Crippen MR) is 113 cm³/mol. The Labute approximate surface area is 173 Å². The molecule has 0 saturated heterocycles. The Morgan fingerprint density at radius 3 is 2.66 bits per heavy atom. The zero-order valence-electron chi connectivity index (χ0n) is 18.2. The fourth-order valence-corrected chi connectivity index (χ4v) is 4.08. The monoisotopic (exact) mass is 401 g/mol. The second-order valence-electron chi connectivity index (χ2n) is 8.49. The minimum absolute atomic E-state index is 0.181. The van der Waals surface area contributed by atoms with E-state index in [-0.39, 0.29) is 11.9 Å². The Morgan fingerprint density at radius 1 is 1.21 bits per heavy atom. The quantitative estimate of drug-likeness (QED) is 0.694. The summed E-state index contributed by atoms with van der Waals surface area (Å²) >= 11 is 0. The van der Waals surface area contributed by atoms with Gasteiger partial charge in [-0.1, -0.05) is 40.5 Å². The highest BCUT2D eigenvalue weighted by Gasteiger charge is 2.27. The van der Waals surface area contributed by atoms with Crippen molar-refractivity contribution < 1.29 is 9.21 Å². The van der Waals surface area contributed by atoms with Crippen molar-refractivity contribution in [1.82, 2.24) is 25.0 Å². The molecule has 1 aliphatic rings. The summed E-state index contributed by atoms with van der Waals surface area (Å²) in [7, 11) is 0. The molecule has 0 spiro atoms. The van der Waals surface area contributed by atoms with Crippen molar-refractivity contribution in [3.63, 3.8) is 0 Å².